The van der Waals surface area contributed by atoms with Crippen LogP contribution in [0, 0.1) is 5.92 Å². The highest BCUT2D eigenvalue weighted by Gasteiger charge is 2.33. The number of hydrogen-bond donors (Lipinski definition) is 2. The van der Waals surface area contributed by atoms with Crippen LogP contribution in [-0.4, -0.2) is 46.7 Å². The van der Waals surface area contributed by atoms with Gasteiger partial charge in [0, 0.05) is 36.8 Å². The Morgan fingerprint density at radius 1 is 1.15 bits per heavy atom. The Labute approximate surface area is 203 Å². The van der Waals surface area contributed by atoms with E-state index in [4.69, 9.17) is 4.74 Å². The van der Waals surface area contributed by atoms with Gasteiger partial charge in [0.25, 0.3) is 5.91 Å². The Balaban J connectivity index is 1.31. The third kappa shape index (κ3) is 5.54. The van der Waals surface area contributed by atoms with Crippen molar-refractivity contribution in [1.29, 1.82) is 0 Å². The Hall–Kier alpha value is -3.44. The number of Topliss-reactive ketones (excluding diaryl/α,β-unsaturated/α-hetero) is 1. The molecule has 34 heavy (non-hydrogen) atoms. The number of carbonyl (C=O) groups excluding carboxylic acids is 4. The van der Waals surface area contributed by atoms with Gasteiger partial charge in [0.15, 0.2) is 16.6 Å². The first kappa shape index (κ1) is 23.7. The second-order valence-electron chi connectivity index (χ2n) is 7.53. The first-order valence-electron chi connectivity index (χ1n) is 10.7. The molecule has 0 bridgehead atoms. The highest BCUT2D eigenvalue weighted by atomic mass is 32.1. The Morgan fingerprint density at radius 3 is 2.71 bits per heavy atom. The smallest absolute Gasteiger partial charge is 0.357 e. The van der Waals surface area contributed by atoms with Crippen LogP contribution in [0.2, 0.25) is 0 Å². The molecule has 0 unspecified atom stereocenters. The summed E-state index contributed by atoms with van der Waals surface area (Å²) in [7, 11) is 0. The Morgan fingerprint density at radius 2 is 1.94 bits per heavy atom. The minimum Gasteiger partial charge on any atom is -0.461 e. The summed E-state index contributed by atoms with van der Waals surface area (Å²) in [6, 6.07) is 8.74. The van der Waals surface area contributed by atoms with Crippen molar-refractivity contribution in [2.24, 2.45) is 5.92 Å². The van der Waals surface area contributed by atoms with Gasteiger partial charge in [-0.2, -0.15) is 0 Å². The lowest BCUT2D eigenvalue weighted by Gasteiger charge is -2.19. The molecule has 4 rings (SSSR count). The molecule has 1 atom stereocenters. The van der Waals surface area contributed by atoms with E-state index in [2.05, 4.69) is 20.6 Å². The van der Waals surface area contributed by atoms with Crippen LogP contribution in [0.25, 0.3) is 0 Å². The molecule has 0 fully saturated rings. The standard InChI is InChI=1S/C23H22N4O5S2/c1-2-32-22(31)16-12-33-18(25-16)8-9-24-20(29)14-10-15-19(17(28)11-14)34-23(26-15)27-21(30)13-6-4-3-5-7-13/h3-7,12,14H,2,8-11H2,1H3,(H,24,29)(H,26,27,30)/t14-/m1/s1. The van der Waals surface area contributed by atoms with E-state index in [0.29, 0.717) is 45.7 Å². The normalized spacial score (nSPS) is 14.9. The molecule has 0 spiro atoms. The van der Waals surface area contributed by atoms with E-state index in [0.717, 1.165) is 11.3 Å². The maximum Gasteiger partial charge on any atom is 0.357 e. The number of aromatic nitrogens is 2. The molecule has 11 heteroatoms. The lowest BCUT2D eigenvalue weighted by Crippen LogP contribution is -2.36. The van der Waals surface area contributed by atoms with Gasteiger partial charge in [0.05, 0.1) is 28.1 Å². The molecule has 2 N–H and O–H groups in total. The van der Waals surface area contributed by atoms with Crippen molar-refractivity contribution in [1.82, 2.24) is 15.3 Å². The molecule has 9 nitrogen and oxygen atoms in total. The van der Waals surface area contributed by atoms with Crippen molar-refractivity contribution >= 4 is 51.4 Å². The van der Waals surface area contributed by atoms with Crippen LogP contribution in [0.15, 0.2) is 35.7 Å². The molecule has 0 saturated heterocycles. The molecule has 2 amide bonds. The minimum absolute atomic E-state index is 0.0946. The van der Waals surface area contributed by atoms with Gasteiger partial charge in [0.2, 0.25) is 5.91 Å². The number of rotatable bonds is 8. The van der Waals surface area contributed by atoms with Gasteiger partial charge in [-0.1, -0.05) is 29.5 Å². The highest BCUT2D eigenvalue weighted by Crippen LogP contribution is 2.32. The molecule has 3 aromatic rings. The molecule has 0 saturated carbocycles. The molecular formula is C23H22N4O5S2. The van der Waals surface area contributed by atoms with Crippen molar-refractivity contribution in [2.75, 3.05) is 18.5 Å². The van der Waals surface area contributed by atoms with E-state index in [1.54, 1.807) is 36.6 Å². The number of ketones is 1. The van der Waals surface area contributed by atoms with Gasteiger partial charge in [-0.25, -0.2) is 14.8 Å². The van der Waals surface area contributed by atoms with Crippen LogP contribution in [0.3, 0.4) is 0 Å². The van der Waals surface area contributed by atoms with Gasteiger partial charge in [-0.05, 0) is 19.1 Å². The zero-order valence-electron chi connectivity index (χ0n) is 18.3. The molecule has 0 aliphatic heterocycles. The quantitative estimate of drug-likeness (QED) is 0.457. The summed E-state index contributed by atoms with van der Waals surface area (Å²) < 4.78 is 4.92. The maximum atomic E-state index is 12.7. The minimum atomic E-state index is -0.522. The third-order valence-corrected chi connectivity index (χ3v) is 7.09. The summed E-state index contributed by atoms with van der Waals surface area (Å²) in [6.45, 7) is 2.35. The Bertz CT molecular complexity index is 1220. The van der Waals surface area contributed by atoms with Crippen LogP contribution in [-0.2, 0) is 22.4 Å². The van der Waals surface area contributed by atoms with Crippen molar-refractivity contribution in [3.63, 3.8) is 0 Å². The van der Waals surface area contributed by atoms with Gasteiger partial charge >= 0.3 is 5.97 Å². The molecule has 2 heterocycles. The van der Waals surface area contributed by atoms with Gasteiger partial charge in [-0.15, -0.1) is 11.3 Å². The molecular weight excluding hydrogens is 476 g/mol. The number of carbonyl (C=O) groups is 4. The van der Waals surface area contributed by atoms with E-state index in [1.165, 1.54) is 11.3 Å². The second kappa shape index (κ2) is 10.7. The van der Waals surface area contributed by atoms with E-state index >= 15 is 0 Å². The molecule has 1 aliphatic carbocycles. The van der Waals surface area contributed by atoms with Crippen molar-refractivity contribution < 1.29 is 23.9 Å². The number of thiazole rings is 2. The third-order valence-electron chi connectivity index (χ3n) is 5.12. The Kier molecular flexibility index (Phi) is 7.43. The molecule has 2 aromatic heterocycles. The summed E-state index contributed by atoms with van der Waals surface area (Å²) in [5.41, 5.74) is 1.29. The number of nitrogens with one attached hydrogen (secondary N) is 2. The van der Waals surface area contributed by atoms with E-state index in [1.807, 2.05) is 6.07 Å². The maximum absolute atomic E-state index is 12.7. The lowest BCUT2D eigenvalue weighted by atomic mass is 9.89. The first-order valence-corrected chi connectivity index (χ1v) is 12.4. The lowest BCUT2D eigenvalue weighted by molar-refractivity contribution is -0.125. The number of esters is 1. The SMILES string of the molecule is CCOC(=O)c1csc(CCNC(=O)[C@H]2CC(=O)c3sc(NC(=O)c4ccccc4)nc3C2)n1. The van der Waals surface area contributed by atoms with Crippen LogP contribution in [0.1, 0.15) is 54.6 Å². The average molecular weight is 499 g/mol. The predicted molar refractivity (Wildman–Crippen MR) is 127 cm³/mol. The number of amides is 2. The molecule has 1 aliphatic rings. The summed E-state index contributed by atoms with van der Waals surface area (Å²) >= 11 is 2.46. The van der Waals surface area contributed by atoms with Crippen LogP contribution in [0.5, 0.6) is 0 Å². The summed E-state index contributed by atoms with van der Waals surface area (Å²) in [5.74, 6) is -1.68. The average Bonchev–Trinajstić information content (AvgIpc) is 3.47. The van der Waals surface area contributed by atoms with Gasteiger partial charge < -0.3 is 10.1 Å². The summed E-state index contributed by atoms with van der Waals surface area (Å²) in [5, 5.41) is 8.25. The van der Waals surface area contributed by atoms with Crippen molar-refractivity contribution in [3.8, 4) is 0 Å². The number of fused-ring (bicyclic) bond motifs is 1. The van der Waals surface area contributed by atoms with Crippen LogP contribution in [0.4, 0.5) is 5.13 Å². The zero-order valence-corrected chi connectivity index (χ0v) is 20.0. The number of anilines is 1. The topological polar surface area (TPSA) is 127 Å². The highest BCUT2D eigenvalue weighted by molar-refractivity contribution is 7.17. The number of hydrogen-bond acceptors (Lipinski definition) is 9. The van der Waals surface area contributed by atoms with Gasteiger partial charge in [0.1, 0.15) is 0 Å². The monoisotopic (exact) mass is 498 g/mol. The number of benzene rings is 1. The fourth-order valence-electron chi connectivity index (χ4n) is 3.49. The second-order valence-corrected chi connectivity index (χ2v) is 9.47. The van der Waals surface area contributed by atoms with Gasteiger partial charge in [-0.3, -0.25) is 19.7 Å². The first-order chi connectivity index (χ1) is 16.4. The molecule has 176 valence electrons. The predicted octanol–water partition coefficient (Wildman–Crippen LogP) is 3.13. The summed E-state index contributed by atoms with van der Waals surface area (Å²) in [4.78, 5) is 58.4. The number of nitrogens with zero attached hydrogens (tertiary/aromatic N) is 2. The van der Waals surface area contributed by atoms with Crippen LogP contribution >= 0.6 is 22.7 Å². The fraction of sp³-hybridized carbons (Fsp3) is 0.304. The van der Waals surface area contributed by atoms with Crippen LogP contribution < -0.4 is 10.6 Å². The van der Waals surface area contributed by atoms with Crippen molar-refractivity contribution in [2.45, 2.75) is 26.2 Å². The largest absolute Gasteiger partial charge is 0.461 e. The molecule has 1 aromatic carbocycles. The molecule has 0 radical (unpaired) electrons. The van der Waals surface area contributed by atoms with Crippen molar-refractivity contribution in [3.05, 3.63) is 62.5 Å². The fourth-order valence-corrected chi connectivity index (χ4v) is 5.19. The summed E-state index contributed by atoms with van der Waals surface area (Å²) in [6.07, 6.45) is 0.889. The van der Waals surface area contributed by atoms with E-state index in [-0.39, 0.29) is 36.3 Å². The zero-order chi connectivity index (χ0) is 24.1. The number of ether oxygens (including phenoxy) is 1. The van der Waals surface area contributed by atoms with E-state index in [9.17, 15) is 19.2 Å². The van der Waals surface area contributed by atoms with E-state index < -0.39 is 11.9 Å².